The maximum Gasteiger partial charge on any atom is 0.460 e. The molecule has 1 amide bonds. The van der Waals surface area contributed by atoms with E-state index in [1.54, 1.807) is 6.92 Å². The van der Waals surface area contributed by atoms with Crippen LogP contribution >= 0.6 is 0 Å². The Labute approximate surface area is 175 Å². The topological polar surface area (TPSA) is 40.5 Å². The van der Waals surface area contributed by atoms with Gasteiger partial charge in [0.05, 0.1) is 6.54 Å². The van der Waals surface area contributed by atoms with Gasteiger partial charge in [-0.2, -0.15) is 65.9 Å². The fourth-order valence-electron chi connectivity index (χ4n) is 2.31. The molecule has 0 fully saturated rings. The third-order valence-corrected chi connectivity index (χ3v) is 4.33. The number of carboxylic acid groups (broad SMARTS) is 1. The molecule has 33 heavy (non-hydrogen) atoms. The van der Waals surface area contributed by atoms with E-state index in [9.17, 15) is 70.7 Å². The van der Waals surface area contributed by atoms with Gasteiger partial charge in [-0.25, -0.2) is 4.79 Å². The maximum absolute atomic E-state index is 13.8. The zero-order valence-electron chi connectivity index (χ0n) is 16.2. The molecule has 0 bridgehead atoms. The number of amides is 1. The van der Waals surface area contributed by atoms with E-state index in [1.807, 2.05) is 0 Å². The van der Waals surface area contributed by atoms with E-state index >= 15 is 0 Å². The van der Waals surface area contributed by atoms with E-state index in [2.05, 4.69) is 0 Å². The van der Waals surface area contributed by atoms with Crippen molar-refractivity contribution in [2.45, 2.75) is 74.3 Å². The van der Waals surface area contributed by atoms with Crippen LogP contribution in [0.2, 0.25) is 0 Å². The maximum atomic E-state index is 13.8. The molecular weight excluding hydrogens is 511 g/mol. The number of rotatable bonds is 12. The van der Waals surface area contributed by atoms with Crippen molar-refractivity contribution < 1.29 is 75.8 Å². The molecule has 0 radical (unpaired) electrons. The summed E-state index contributed by atoms with van der Waals surface area (Å²) in [4.78, 5) is 10.2. The fraction of sp³-hybridized carbons (Fsp3) is 0.933. The summed E-state index contributed by atoms with van der Waals surface area (Å²) in [5, 5.41) is 8.71. The summed E-state index contributed by atoms with van der Waals surface area (Å²) in [5.41, 5.74) is 0. The molecule has 0 saturated carbocycles. The van der Waals surface area contributed by atoms with Gasteiger partial charge >= 0.3 is 47.8 Å². The summed E-state index contributed by atoms with van der Waals surface area (Å²) in [7, 11) is 0. The van der Waals surface area contributed by atoms with Gasteiger partial charge in [0.15, 0.2) is 0 Å². The van der Waals surface area contributed by atoms with Gasteiger partial charge in [-0.05, 0) is 6.42 Å². The summed E-state index contributed by atoms with van der Waals surface area (Å²) in [6.45, 7) is -2.40. The molecule has 0 unspecified atom stereocenters. The Balaban J connectivity index is 6.22. The van der Waals surface area contributed by atoms with Crippen LogP contribution in [-0.2, 0) is 0 Å². The first-order valence-corrected chi connectivity index (χ1v) is 8.68. The second-order valence-electron chi connectivity index (χ2n) is 6.84. The Morgan fingerprint density at radius 2 is 1.03 bits per heavy atom. The van der Waals surface area contributed by atoms with Gasteiger partial charge in [-0.3, -0.25) is 0 Å². The highest BCUT2D eigenvalue weighted by molar-refractivity contribution is 5.65. The smallest absolute Gasteiger partial charge is 0.460 e. The molecule has 0 rings (SSSR count). The molecule has 0 saturated heterocycles. The minimum absolute atomic E-state index is 0.106. The van der Waals surface area contributed by atoms with E-state index in [0.717, 1.165) is 0 Å². The van der Waals surface area contributed by atoms with Crippen LogP contribution in [-0.4, -0.2) is 70.9 Å². The minimum atomic E-state index is -8.39. The van der Waals surface area contributed by atoms with E-state index < -0.39 is 65.8 Å². The first-order chi connectivity index (χ1) is 14.4. The summed E-state index contributed by atoms with van der Waals surface area (Å²) < 4.78 is 197. The molecule has 3 nitrogen and oxygen atoms in total. The molecule has 0 spiro atoms. The van der Waals surface area contributed by atoms with E-state index in [1.165, 1.54) is 0 Å². The first kappa shape index (κ1) is 31.2. The van der Waals surface area contributed by atoms with Crippen molar-refractivity contribution in [1.82, 2.24) is 4.90 Å². The van der Waals surface area contributed by atoms with Crippen molar-refractivity contribution in [2.24, 2.45) is 0 Å². The number of nitrogens with zero attached hydrogens (tertiary/aromatic N) is 1. The van der Waals surface area contributed by atoms with Crippen LogP contribution in [0.4, 0.5) is 70.7 Å². The monoisotopic (exact) mass is 527 g/mol. The zero-order valence-corrected chi connectivity index (χ0v) is 16.2. The van der Waals surface area contributed by atoms with Crippen molar-refractivity contribution >= 4 is 6.09 Å². The third-order valence-electron chi connectivity index (χ3n) is 4.33. The molecule has 18 heteroatoms. The molecule has 198 valence electrons. The quantitative estimate of drug-likeness (QED) is 0.221. The zero-order chi connectivity index (χ0) is 26.9. The SMILES string of the molecule is CCCCCCN(CC(F)(F)C(F)(F)C(F)(F)C(F)(F)C(F)(F)C(F)(F)C(F)(F)F)C(=O)O. The summed E-state index contributed by atoms with van der Waals surface area (Å²) >= 11 is 0. The number of hydrogen-bond acceptors (Lipinski definition) is 1. The molecule has 0 aromatic carbocycles. The lowest BCUT2D eigenvalue weighted by molar-refractivity contribution is -0.452. The normalized spacial score (nSPS) is 15.0. The van der Waals surface area contributed by atoms with Gasteiger partial charge in [0.25, 0.3) is 0 Å². The highest BCUT2D eigenvalue weighted by Crippen LogP contribution is 2.62. The number of carbonyl (C=O) groups is 1. The lowest BCUT2D eigenvalue weighted by Gasteiger charge is -2.42. The molecule has 0 aromatic heterocycles. The Morgan fingerprint density at radius 1 is 0.636 bits per heavy atom. The van der Waals surface area contributed by atoms with Crippen molar-refractivity contribution in [1.29, 1.82) is 0 Å². The van der Waals surface area contributed by atoms with Crippen LogP contribution in [0, 0.1) is 0 Å². The van der Waals surface area contributed by atoms with E-state index in [4.69, 9.17) is 5.11 Å². The predicted octanol–water partition coefficient (Wildman–Crippen LogP) is 6.92. The van der Waals surface area contributed by atoms with Crippen LogP contribution in [0.15, 0.2) is 0 Å². The molecule has 0 aliphatic rings. The Kier molecular flexibility index (Phi) is 8.95. The molecule has 0 heterocycles. The van der Waals surface area contributed by atoms with Crippen molar-refractivity contribution in [3.8, 4) is 0 Å². The van der Waals surface area contributed by atoms with Gasteiger partial charge in [0.2, 0.25) is 0 Å². The van der Waals surface area contributed by atoms with Crippen molar-refractivity contribution in [3.05, 3.63) is 0 Å². The number of hydrogen-bond donors (Lipinski definition) is 1. The van der Waals surface area contributed by atoms with Gasteiger partial charge in [0, 0.05) is 6.54 Å². The van der Waals surface area contributed by atoms with Gasteiger partial charge in [0.1, 0.15) is 0 Å². The number of halogens is 15. The molecule has 0 atom stereocenters. The molecule has 0 aliphatic heterocycles. The average Bonchev–Trinajstić information content (AvgIpc) is 2.62. The first-order valence-electron chi connectivity index (χ1n) is 8.68. The summed E-state index contributed by atoms with van der Waals surface area (Å²) in [6, 6.07) is 0. The molecule has 0 aromatic rings. The van der Waals surface area contributed by atoms with Crippen LogP contribution < -0.4 is 0 Å². The van der Waals surface area contributed by atoms with Gasteiger partial charge < -0.3 is 10.0 Å². The number of alkyl halides is 15. The lowest BCUT2D eigenvalue weighted by atomic mass is 9.91. The van der Waals surface area contributed by atoms with Crippen LogP contribution in [0.1, 0.15) is 32.6 Å². The highest BCUT2D eigenvalue weighted by atomic mass is 19.4. The standard InChI is InChI=1S/C15H16F15NO2/c1-2-3-4-5-6-31(8(32)33)7-9(16,17)10(18,19)11(20,21)12(22,23)13(24,25)14(26,27)15(28,29)30/h2-7H2,1H3,(H,32,33). The van der Waals surface area contributed by atoms with Crippen LogP contribution in [0.5, 0.6) is 0 Å². The van der Waals surface area contributed by atoms with Crippen LogP contribution in [0.3, 0.4) is 0 Å². The Morgan fingerprint density at radius 3 is 1.39 bits per heavy atom. The van der Waals surface area contributed by atoms with E-state index in [0.29, 0.717) is 12.8 Å². The minimum Gasteiger partial charge on any atom is -0.465 e. The fourth-order valence-corrected chi connectivity index (χ4v) is 2.31. The third kappa shape index (κ3) is 5.33. The Bertz CT molecular complexity index is 675. The van der Waals surface area contributed by atoms with E-state index in [-0.39, 0.29) is 12.8 Å². The molecular formula is C15H16F15NO2. The second kappa shape index (κ2) is 9.46. The number of unbranched alkanes of at least 4 members (excludes halogenated alkanes) is 3. The predicted molar refractivity (Wildman–Crippen MR) is 79.5 cm³/mol. The highest BCUT2D eigenvalue weighted by Gasteiger charge is 2.93. The summed E-state index contributed by atoms with van der Waals surface area (Å²) in [6.07, 6.45) is -9.47. The van der Waals surface area contributed by atoms with Crippen molar-refractivity contribution in [3.63, 3.8) is 0 Å². The molecule has 0 aliphatic carbocycles. The van der Waals surface area contributed by atoms with Gasteiger partial charge in [-0.15, -0.1) is 0 Å². The lowest BCUT2D eigenvalue weighted by Crippen LogP contribution is -2.73. The van der Waals surface area contributed by atoms with Crippen LogP contribution in [0.25, 0.3) is 0 Å². The average molecular weight is 527 g/mol. The molecule has 1 N–H and O–H groups in total. The van der Waals surface area contributed by atoms with Crippen molar-refractivity contribution in [2.75, 3.05) is 13.1 Å². The Hall–Kier alpha value is -1.78. The second-order valence-corrected chi connectivity index (χ2v) is 6.84. The van der Waals surface area contributed by atoms with Gasteiger partial charge in [-0.1, -0.05) is 26.2 Å². The summed E-state index contributed by atoms with van der Waals surface area (Å²) in [5.74, 6) is -47.3. The largest absolute Gasteiger partial charge is 0.465 e.